The van der Waals surface area contributed by atoms with Crippen molar-refractivity contribution in [3.05, 3.63) is 88.8 Å². The number of aromatic nitrogens is 2. The maximum atomic E-state index is 13.8. The molecule has 3 heterocycles. The molecule has 0 radical (unpaired) electrons. The van der Waals surface area contributed by atoms with E-state index in [1.54, 1.807) is 75.6 Å². The van der Waals surface area contributed by atoms with Crippen LogP contribution >= 0.6 is 15.9 Å². The number of aromatic amines is 1. The molecule has 0 aliphatic carbocycles. The number of hydrogen-bond acceptors (Lipinski definition) is 4. The average Bonchev–Trinajstić information content (AvgIpc) is 3.49. The van der Waals surface area contributed by atoms with Gasteiger partial charge in [0.05, 0.1) is 28.0 Å². The summed E-state index contributed by atoms with van der Waals surface area (Å²) in [6.07, 6.45) is 2.69. The number of carbonyl (C=O) groups excluding carboxylic acids is 3. The molecule has 8 heteroatoms. The highest BCUT2D eigenvalue weighted by molar-refractivity contribution is 9.10. The molecule has 2 aromatic heterocycles. The van der Waals surface area contributed by atoms with Gasteiger partial charge in [0.1, 0.15) is 5.60 Å². The molecular weight excluding hydrogens is 510 g/mol. The van der Waals surface area contributed by atoms with Crippen LogP contribution in [0.15, 0.2) is 77.5 Å². The lowest BCUT2D eigenvalue weighted by molar-refractivity contribution is -0.119. The van der Waals surface area contributed by atoms with E-state index in [1.165, 1.54) is 9.47 Å². The number of anilines is 1. The zero-order chi connectivity index (χ0) is 24.9. The first-order valence-electron chi connectivity index (χ1n) is 11.0. The van der Waals surface area contributed by atoms with E-state index in [-0.39, 0.29) is 11.1 Å². The van der Waals surface area contributed by atoms with E-state index >= 15 is 0 Å². The van der Waals surface area contributed by atoms with E-state index in [0.717, 1.165) is 4.47 Å². The predicted molar refractivity (Wildman–Crippen MR) is 138 cm³/mol. The Hall–Kier alpha value is -3.91. The van der Waals surface area contributed by atoms with Crippen LogP contribution in [0, 0.1) is 0 Å². The molecule has 1 aliphatic rings. The van der Waals surface area contributed by atoms with E-state index in [2.05, 4.69) is 20.9 Å². The summed E-state index contributed by atoms with van der Waals surface area (Å²) in [4.78, 5) is 44.8. The zero-order valence-corrected chi connectivity index (χ0v) is 20.9. The van der Waals surface area contributed by atoms with Crippen molar-refractivity contribution in [3.8, 4) is 0 Å². The predicted octanol–water partition coefficient (Wildman–Crippen LogP) is 6.00. The second-order valence-electron chi connectivity index (χ2n) is 9.17. The Balaban J connectivity index is 1.76. The van der Waals surface area contributed by atoms with Crippen LogP contribution in [-0.4, -0.2) is 33.1 Å². The first-order chi connectivity index (χ1) is 16.7. The van der Waals surface area contributed by atoms with E-state index < -0.39 is 23.5 Å². The number of halogens is 1. The van der Waals surface area contributed by atoms with Crippen molar-refractivity contribution in [2.24, 2.45) is 0 Å². The molecule has 1 aliphatic heterocycles. The molecule has 0 saturated carbocycles. The van der Waals surface area contributed by atoms with Crippen molar-refractivity contribution >= 4 is 61.6 Å². The third-order valence-corrected chi connectivity index (χ3v) is 6.09. The smallest absolute Gasteiger partial charge is 0.419 e. The van der Waals surface area contributed by atoms with Gasteiger partial charge in [-0.25, -0.2) is 9.69 Å². The molecule has 4 aromatic rings. The van der Waals surface area contributed by atoms with E-state index in [0.29, 0.717) is 27.8 Å². The SMILES string of the molecule is CC(C)(C)OC(=O)n1cc(C2=C(c3ccc[nH]3)C(=O)N(c3ccccc3)C2=O)c2ccc(Br)cc21. The van der Waals surface area contributed by atoms with Crippen molar-refractivity contribution in [2.75, 3.05) is 4.90 Å². The van der Waals surface area contributed by atoms with Gasteiger partial charge in [0.2, 0.25) is 0 Å². The number of imide groups is 1. The van der Waals surface area contributed by atoms with Crippen LogP contribution in [0.3, 0.4) is 0 Å². The molecule has 0 unspecified atom stereocenters. The summed E-state index contributed by atoms with van der Waals surface area (Å²) in [5, 5.41) is 0.647. The van der Waals surface area contributed by atoms with Crippen LogP contribution in [0.5, 0.6) is 0 Å². The Morgan fingerprint density at radius 3 is 2.31 bits per heavy atom. The van der Waals surface area contributed by atoms with Gasteiger partial charge in [0.15, 0.2) is 0 Å². The number of ether oxygens (including phenoxy) is 1. The van der Waals surface area contributed by atoms with Crippen LogP contribution in [0.1, 0.15) is 32.0 Å². The third kappa shape index (κ3) is 4.00. The Bertz CT molecular complexity index is 1510. The number of H-pyrrole nitrogens is 1. The normalized spacial score (nSPS) is 14.3. The number of nitrogens with one attached hydrogen (secondary N) is 1. The molecular formula is C27H22BrN3O4. The van der Waals surface area contributed by atoms with Crippen LogP contribution < -0.4 is 4.90 Å². The first-order valence-corrected chi connectivity index (χ1v) is 11.8. The van der Waals surface area contributed by atoms with Gasteiger partial charge >= 0.3 is 6.09 Å². The molecule has 0 bridgehead atoms. The summed E-state index contributed by atoms with van der Waals surface area (Å²) in [5.41, 5.74) is 1.77. The highest BCUT2D eigenvalue weighted by atomic mass is 79.9. The Morgan fingerprint density at radius 2 is 1.66 bits per heavy atom. The monoisotopic (exact) mass is 531 g/mol. The highest BCUT2D eigenvalue weighted by Gasteiger charge is 2.42. The summed E-state index contributed by atoms with van der Waals surface area (Å²) in [5.74, 6) is -0.897. The second kappa shape index (κ2) is 8.39. The molecule has 176 valence electrons. The van der Waals surface area contributed by atoms with Crippen molar-refractivity contribution < 1.29 is 19.1 Å². The van der Waals surface area contributed by atoms with Gasteiger partial charge < -0.3 is 9.72 Å². The number of nitrogens with zero attached hydrogens (tertiary/aromatic N) is 2. The van der Waals surface area contributed by atoms with Gasteiger partial charge in [0, 0.05) is 27.8 Å². The Labute approximate surface area is 210 Å². The Morgan fingerprint density at radius 1 is 0.943 bits per heavy atom. The molecule has 0 fully saturated rings. The fraction of sp³-hybridized carbons (Fsp3) is 0.148. The lowest BCUT2D eigenvalue weighted by atomic mass is 9.99. The number of para-hydroxylation sites is 1. The van der Waals surface area contributed by atoms with Crippen LogP contribution in [0.4, 0.5) is 10.5 Å². The van der Waals surface area contributed by atoms with Gasteiger partial charge in [-0.05, 0) is 57.2 Å². The average molecular weight is 532 g/mol. The summed E-state index contributed by atoms with van der Waals surface area (Å²) in [6, 6.07) is 17.7. The highest BCUT2D eigenvalue weighted by Crippen LogP contribution is 2.41. The standard InChI is InChI=1S/C27H22BrN3O4/c1-27(2,3)35-26(34)30-15-19(18-12-11-16(28)14-21(18)30)22-23(20-10-7-13-29-20)25(33)31(24(22)32)17-8-5-4-6-9-17/h4-15,29H,1-3H3. The van der Waals surface area contributed by atoms with E-state index in [1.807, 2.05) is 18.2 Å². The van der Waals surface area contributed by atoms with Crippen LogP contribution in [0.2, 0.25) is 0 Å². The maximum absolute atomic E-state index is 13.8. The number of rotatable bonds is 3. The van der Waals surface area contributed by atoms with Crippen molar-refractivity contribution in [1.82, 2.24) is 9.55 Å². The molecule has 7 nitrogen and oxygen atoms in total. The lowest BCUT2D eigenvalue weighted by Gasteiger charge is -2.19. The lowest BCUT2D eigenvalue weighted by Crippen LogP contribution is -2.31. The van der Waals surface area contributed by atoms with Gasteiger partial charge in [-0.15, -0.1) is 0 Å². The third-order valence-electron chi connectivity index (χ3n) is 5.59. The zero-order valence-electron chi connectivity index (χ0n) is 19.3. The quantitative estimate of drug-likeness (QED) is 0.328. The van der Waals surface area contributed by atoms with Crippen LogP contribution in [0.25, 0.3) is 22.0 Å². The second-order valence-corrected chi connectivity index (χ2v) is 10.1. The Kier molecular flexibility index (Phi) is 5.48. The van der Waals surface area contributed by atoms with Gasteiger partial charge in [-0.3, -0.25) is 14.2 Å². The number of benzene rings is 2. The first kappa shape index (κ1) is 22.9. The molecule has 2 amide bonds. The summed E-state index contributed by atoms with van der Waals surface area (Å²) < 4.78 is 7.75. The minimum Gasteiger partial charge on any atom is -0.443 e. The topological polar surface area (TPSA) is 84.4 Å². The molecule has 2 aromatic carbocycles. The van der Waals surface area contributed by atoms with Crippen molar-refractivity contribution in [1.29, 1.82) is 0 Å². The number of hydrogen-bond donors (Lipinski definition) is 1. The van der Waals surface area contributed by atoms with E-state index in [9.17, 15) is 14.4 Å². The fourth-order valence-corrected chi connectivity index (χ4v) is 4.54. The molecule has 35 heavy (non-hydrogen) atoms. The van der Waals surface area contributed by atoms with Crippen molar-refractivity contribution in [3.63, 3.8) is 0 Å². The molecule has 5 rings (SSSR count). The van der Waals surface area contributed by atoms with Gasteiger partial charge in [0.25, 0.3) is 11.8 Å². The van der Waals surface area contributed by atoms with Crippen LogP contribution in [-0.2, 0) is 14.3 Å². The molecule has 0 saturated heterocycles. The number of amides is 2. The molecule has 0 spiro atoms. The van der Waals surface area contributed by atoms with Gasteiger partial charge in [-0.1, -0.05) is 40.2 Å². The summed E-state index contributed by atoms with van der Waals surface area (Å²) in [6.45, 7) is 5.36. The van der Waals surface area contributed by atoms with E-state index in [4.69, 9.17) is 4.74 Å². The fourth-order valence-electron chi connectivity index (χ4n) is 4.19. The maximum Gasteiger partial charge on any atom is 0.419 e. The van der Waals surface area contributed by atoms with Gasteiger partial charge in [-0.2, -0.15) is 0 Å². The molecule has 1 N–H and O–H groups in total. The minimum absolute atomic E-state index is 0.218. The number of carbonyl (C=O) groups is 3. The minimum atomic E-state index is -0.711. The largest absolute Gasteiger partial charge is 0.443 e. The van der Waals surface area contributed by atoms with Crippen molar-refractivity contribution in [2.45, 2.75) is 26.4 Å². The molecule has 0 atom stereocenters. The number of fused-ring (bicyclic) bond motifs is 1. The summed E-state index contributed by atoms with van der Waals surface area (Å²) in [7, 11) is 0. The summed E-state index contributed by atoms with van der Waals surface area (Å²) >= 11 is 3.46.